The maximum Gasteiger partial charge on any atom is 0.323 e. The van der Waals surface area contributed by atoms with Gasteiger partial charge in [-0.15, -0.1) is 11.3 Å². The van der Waals surface area contributed by atoms with Gasteiger partial charge in [0.15, 0.2) is 5.41 Å². The second kappa shape index (κ2) is 6.54. The zero-order chi connectivity index (χ0) is 13.6. The predicted octanol–water partition coefficient (Wildman–Crippen LogP) is 2.72. The van der Waals surface area contributed by atoms with Crippen molar-refractivity contribution < 1.29 is 19.4 Å². The smallest absolute Gasteiger partial charge is 0.323 e. The maximum absolute atomic E-state index is 11.9. The fourth-order valence-corrected chi connectivity index (χ4v) is 2.54. The molecule has 0 radical (unpaired) electrons. The minimum atomic E-state index is -1.42. The normalized spacial score (nSPS) is 13.9. The van der Waals surface area contributed by atoms with Crippen LogP contribution in [0.4, 0.5) is 0 Å². The number of thiophene rings is 1. The van der Waals surface area contributed by atoms with E-state index in [1.54, 1.807) is 25.2 Å². The van der Waals surface area contributed by atoms with Crippen molar-refractivity contribution in [3.8, 4) is 0 Å². The van der Waals surface area contributed by atoms with Crippen molar-refractivity contribution in [2.45, 2.75) is 33.1 Å². The molecule has 0 aliphatic carbocycles. The lowest BCUT2D eigenvalue weighted by atomic mass is 9.80. The van der Waals surface area contributed by atoms with Gasteiger partial charge in [-0.2, -0.15) is 0 Å². The summed E-state index contributed by atoms with van der Waals surface area (Å²) in [5.74, 6) is -1.73. The highest BCUT2D eigenvalue weighted by atomic mass is 32.1. The number of carboxylic acid groups (broad SMARTS) is 1. The fraction of sp³-hybridized carbons (Fsp3) is 0.538. The van der Waals surface area contributed by atoms with Gasteiger partial charge in [-0.25, -0.2) is 0 Å². The van der Waals surface area contributed by atoms with Crippen molar-refractivity contribution in [2.24, 2.45) is 5.41 Å². The molecule has 1 heterocycles. The number of ether oxygens (including phenoxy) is 1. The van der Waals surface area contributed by atoms with E-state index >= 15 is 0 Å². The monoisotopic (exact) mass is 270 g/mol. The second-order valence-corrected chi connectivity index (χ2v) is 5.07. The molecule has 1 rings (SSSR count). The van der Waals surface area contributed by atoms with Crippen LogP contribution in [0.5, 0.6) is 0 Å². The molecule has 18 heavy (non-hydrogen) atoms. The van der Waals surface area contributed by atoms with Crippen molar-refractivity contribution in [2.75, 3.05) is 6.61 Å². The van der Waals surface area contributed by atoms with E-state index in [-0.39, 0.29) is 19.4 Å². The Hall–Kier alpha value is -1.36. The first-order chi connectivity index (χ1) is 8.56. The topological polar surface area (TPSA) is 63.6 Å². The highest BCUT2D eigenvalue weighted by Crippen LogP contribution is 2.31. The molecule has 100 valence electrons. The third kappa shape index (κ3) is 3.10. The van der Waals surface area contributed by atoms with Gasteiger partial charge in [0.25, 0.3) is 0 Å². The van der Waals surface area contributed by atoms with Crippen LogP contribution in [0.2, 0.25) is 0 Å². The summed E-state index contributed by atoms with van der Waals surface area (Å²) < 4.78 is 4.91. The van der Waals surface area contributed by atoms with Gasteiger partial charge in [0.2, 0.25) is 0 Å². The number of carboxylic acids is 1. The Bertz CT molecular complexity index is 399. The molecule has 0 fully saturated rings. The van der Waals surface area contributed by atoms with Crippen LogP contribution < -0.4 is 0 Å². The quantitative estimate of drug-likeness (QED) is 0.611. The van der Waals surface area contributed by atoms with Crippen molar-refractivity contribution in [1.29, 1.82) is 0 Å². The molecule has 0 saturated carbocycles. The lowest BCUT2D eigenvalue weighted by Crippen LogP contribution is -2.40. The summed E-state index contributed by atoms with van der Waals surface area (Å²) in [6.45, 7) is 3.59. The zero-order valence-electron chi connectivity index (χ0n) is 10.6. The molecule has 5 heteroatoms. The van der Waals surface area contributed by atoms with Crippen LogP contribution in [-0.4, -0.2) is 23.7 Å². The van der Waals surface area contributed by atoms with Gasteiger partial charge in [-0.05, 0) is 37.6 Å². The number of aryl methyl sites for hydroxylation is 1. The maximum atomic E-state index is 11.9. The molecule has 1 unspecified atom stereocenters. The Morgan fingerprint density at radius 1 is 1.44 bits per heavy atom. The van der Waals surface area contributed by atoms with E-state index in [1.807, 2.05) is 17.5 Å². The summed E-state index contributed by atoms with van der Waals surface area (Å²) in [5, 5.41) is 11.3. The number of hydrogen-bond donors (Lipinski definition) is 1. The Balaban J connectivity index is 2.83. The Kier molecular flexibility index (Phi) is 5.34. The number of rotatable bonds is 7. The summed E-state index contributed by atoms with van der Waals surface area (Å²) >= 11 is 1.57. The lowest BCUT2D eigenvalue weighted by Gasteiger charge is -2.25. The first-order valence-corrected chi connectivity index (χ1v) is 6.87. The average molecular weight is 270 g/mol. The second-order valence-electron chi connectivity index (χ2n) is 4.04. The lowest BCUT2D eigenvalue weighted by molar-refractivity contribution is -0.169. The fourth-order valence-electron chi connectivity index (χ4n) is 1.83. The molecule has 4 nitrogen and oxygen atoms in total. The van der Waals surface area contributed by atoms with Gasteiger partial charge >= 0.3 is 11.9 Å². The number of hydrogen-bond acceptors (Lipinski definition) is 4. The minimum absolute atomic E-state index is 0.201. The number of carbonyl (C=O) groups excluding carboxylic acids is 1. The molecule has 1 aromatic heterocycles. The van der Waals surface area contributed by atoms with Crippen molar-refractivity contribution in [1.82, 2.24) is 0 Å². The minimum Gasteiger partial charge on any atom is -0.480 e. The van der Waals surface area contributed by atoms with Crippen molar-refractivity contribution in [3.63, 3.8) is 0 Å². The van der Waals surface area contributed by atoms with E-state index in [0.717, 1.165) is 4.88 Å². The standard InChI is InChI=1S/C13H18O4S/c1-3-13(11(14)15,12(16)17-4-2)8-7-10-6-5-9-18-10/h5-6,9H,3-4,7-8H2,1-2H3,(H,14,15). The van der Waals surface area contributed by atoms with E-state index in [9.17, 15) is 14.7 Å². The van der Waals surface area contributed by atoms with Crippen LogP contribution in [0.15, 0.2) is 17.5 Å². The molecule has 0 aliphatic heterocycles. The summed E-state index contributed by atoms with van der Waals surface area (Å²) in [7, 11) is 0. The summed E-state index contributed by atoms with van der Waals surface area (Å²) in [6.07, 6.45) is 1.10. The van der Waals surface area contributed by atoms with Crippen LogP contribution in [0, 0.1) is 5.41 Å². The molecule has 0 bridgehead atoms. The van der Waals surface area contributed by atoms with Crippen molar-refractivity contribution in [3.05, 3.63) is 22.4 Å². The molecular formula is C13H18O4S. The van der Waals surface area contributed by atoms with Crippen LogP contribution in [0.3, 0.4) is 0 Å². The highest BCUT2D eigenvalue weighted by molar-refractivity contribution is 7.09. The van der Waals surface area contributed by atoms with Gasteiger partial charge in [-0.3, -0.25) is 9.59 Å². The SMILES string of the molecule is CCOC(=O)C(CC)(CCc1cccs1)C(=O)O. The van der Waals surface area contributed by atoms with E-state index in [2.05, 4.69) is 0 Å². The Labute approximate surface area is 111 Å². The molecule has 0 amide bonds. The molecule has 1 N–H and O–H groups in total. The molecule has 1 atom stereocenters. The largest absolute Gasteiger partial charge is 0.480 e. The van der Waals surface area contributed by atoms with Crippen LogP contribution in [0.1, 0.15) is 31.6 Å². The summed E-state index contributed by atoms with van der Waals surface area (Å²) in [5.41, 5.74) is -1.42. The van der Waals surface area contributed by atoms with Gasteiger partial charge in [0.05, 0.1) is 6.61 Å². The first-order valence-electron chi connectivity index (χ1n) is 5.99. The molecule has 1 aromatic rings. The van der Waals surface area contributed by atoms with Crippen molar-refractivity contribution >= 4 is 23.3 Å². The Morgan fingerprint density at radius 3 is 2.61 bits per heavy atom. The average Bonchev–Trinajstić information content (AvgIpc) is 2.83. The number of esters is 1. The van der Waals surface area contributed by atoms with Gasteiger partial charge in [0, 0.05) is 4.88 Å². The van der Waals surface area contributed by atoms with E-state index < -0.39 is 17.4 Å². The van der Waals surface area contributed by atoms with Gasteiger partial charge in [-0.1, -0.05) is 13.0 Å². The van der Waals surface area contributed by atoms with E-state index in [1.165, 1.54) is 0 Å². The molecule has 0 aromatic carbocycles. The zero-order valence-corrected chi connectivity index (χ0v) is 11.5. The van der Waals surface area contributed by atoms with Gasteiger partial charge < -0.3 is 9.84 Å². The molecule has 0 spiro atoms. The van der Waals surface area contributed by atoms with E-state index in [0.29, 0.717) is 6.42 Å². The summed E-state index contributed by atoms with van der Waals surface area (Å²) in [4.78, 5) is 24.4. The van der Waals surface area contributed by atoms with Crippen LogP contribution >= 0.6 is 11.3 Å². The number of aliphatic carboxylic acids is 1. The number of carbonyl (C=O) groups is 2. The third-order valence-corrected chi connectivity index (χ3v) is 3.99. The van der Waals surface area contributed by atoms with Crippen LogP contribution in [0.25, 0.3) is 0 Å². The summed E-state index contributed by atoms with van der Waals surface area (Å²) in [6, 6.07) is 3.86. The van der Waals surface area contributed by atoms with Crippen LogP contribution in [-0.2, 0) is 20.7 Å². The molecule has 0 aliphatic rings. The first kappa shape index (κ1) is 14.7. The molecule has 0 saturated heterocycles. The Morgan fingerprint density at radius 2 is 2.17 bits per heavy atom. The predicted molar refractivity (Wildman–Crippen MR) is 69.6 cm³/mol. The van der Waals surface area contributed by atoms with Gasteiger partial charge in [0.1, 0.15) is 0 Å². The molecular weight excluding hydrogens is 252 g/mol. The van der Waals surface area contributed by atoms with E-state index in [4.69, 9.17) is 4.74 Å². The third-order valence-electron chi connectivity index (χ3n) is 3.06. The highest BCUT2D eigenvalue weighted by Gasteiger charge is 2.45.